The minimum absolute atomic E-state index is 0.0494. The highest BCUT2D eigenvalue weighted by Crippen LogP contribution is 2.30. The molecule has 0 aliphatic carbocycles. The molecule has 110 valence electrons. The number of likely N-dealkylation sites (tertiary alicyclic amines) is 1. The Labute approximate surface area is 120 Å². The molecule has 0 radical (unpaired) electrons. The fourth-order valence-electron chi connectivity index (χ4n) is 2.67. The maximum absolute atomic E-state index is 12.6. The third-order valence-electron chi connectivity index (χ3n) is 4.04. The van der Waals surface area contributed by atoms with Gasteiger partial charge in [-0.3, -0.25) is 4.79 Å². The third kappa shape index (κ3) is 3.44. The summed E-state index contributed by atoms with van der Waals surface area (Å²) < 4.78 is 5.18. The lowest BCUT2D eigenvalue weighted by Crippen LogP contribution is -2.32. The normalized spacial score (nSPS) is 18.4. The van der Waals surface area contributed by atoms with Gasteiger partial charge in [0, 0.05) is 30.4 Å². The Morgan fingerprint density at radius 3 is 2.70 bits per heavy atom. The first kappa shape index (κ1) is 14.7. The number of amides is 1. The molecule has 1 amide bonds. The second-order valence-electron chi connectivity index (χ2n) is 6.30. The van der Waals surface area contributed by atoms with Gasteiger partial charge in [0.05, 0.1) is 7.11 Å². The van der Waals surface area contributed by atoms with Crippen molar-refractivity contribution in [3.8, 4) is 5.75 Å². The summed E-state index contributed by atoms with van der Waals surface area (Å²) in [7, 11) is 1.58. The summed E-state index contributed by atoms with van der Waals surface area (Å²) in [6, 6.07) is 5.21. The summed E-state index contributed by atoms with van der Waals surface area (Å²) in [5, 5.41) is 0. The van der Waals surface area contributed by atoms with Gasteiger partial charge in [-0.15, -0.1) is 0 Å². The van der Waals surface area contributed by atoms with Gasteiger partial charge in [0.1, 0.15) is 5.75 Å². The van der Waals surface area contributed by atoms with Gasteiger partial charge in [-0.25, -0.2) is 0 Å². The van der Waals surface area contributed by atoms with Crippen LogP contribution in [-0.2, 0) is 0 Å². The van der Waals surface area contributed by atoms with Crippen LogP contribution in [-0.4, -0.2) is 31.0 Å². The first-order chi connectivity index (χ1) is 9.41. The molecule has 1 aliphatic heterocycles. The summed E-state index contributed by atoms with van der Waals surface area (Å²) >= 11 is 0. The molecular formula is C16H24N2O2. The van der Waals surface area contributed by atoms with E-state index in [1.54, 1.807) is 25.3 Å². The van der Waals surface area contributed by atoms with E-state index in [2.05, 4.69) is 13.8 Å². The minimum atomic E-state index is 0.0494. The van der Waals surface area contributed by atoms with Gasteiger partial charge in [-0.05, 0) is 36.8 Å². The van der Waals surface area contributed by atoms with E-state index < -0.39 is 0 Å². The van der Waals surface area contributed by atoms with Crippen molar-refractivity contribution in [3.05, 3.63) is 23.8 Å². The molecule has 0 unspecified atom stereocenters. The van der Waals surface area contributed by atoms with Crippen molar-refractivity contribution in [3.63, 3.8) is 0 Å². The molecule has 1 fully saturated rings. The van der Waals surface area contributed by atoms with Crippen LogP contribution in [0.5, 0.6) is 5.75 Å². The molecule has 1 heterocycles. The molecular weight excluding hydrogens is 252 g/mol. The zero-order valence-corrected chi connectivity index (χ0v) is 12.6. The van der Waals surface area contributed by atoms with Crippen molar-refractivity contribution in [1.29, 1.82) is 0 Å². The Morgan fingerprint density at radius 1 is 1.25 bits per heavy atom. The largest absolute Gasteiger partial charge is 0.497 e. The lowest BCUT2D eigenvalue weighted by molar-refractivity contribution is 0.0757. The molecule has 0 saturated carbocycles. The summed E-state index contributed by atoms with van der Waals surface area (Å²) in [5.41, 5.74) is 7.32. The van der Waals surface area contributed by atoms with Crippen molar-refractivity contribution in [1.82, 2.24) is 4.90 Å². The smallest absolute Gasteiger partial charge is 0.254 e. The molecule has 4 heteroatoms. The van der Waals surface area contributed by atoms with Crippen LogP contribution in [0.1, 0.15) is 43.5 Å². The van der Waals surface area contributed by atoms with Crippen molar-refractivity contribution < 1.29 is 9.53 Å². The van der Waals surface area contributed by atoms with Gasteiger partial charge in [0.25, 0.3) is 5.91 Å². The number of methoxy groups -OCH3 is 1. The zero-order valence-electron chi connectivity index (χ0n) is 12.6. The fraction of sp³-hybridized carbons (Fsp3) is 0.562. The van der Waals surface area contributed by atoms with Gasteiger partial charge < -0.3 is 15.4 Å². The molecule has 0 bridgehead atoms. The number of nitrogens with zero attached hydrogens (tertiary/aromatic N) is 1. The summed E-state index contributed by atoms with van der Waals surface area (Å²) in [5.74, 6) is 0.678. The minimum Gasteiger partial charge on any atom is -0.497 e. The number of nitrogens with two attached hydrogens (primary N) is 1. The SMILES string of the molecule is COc1cc(N)cc(C(=O)N2CCCC(C)(C)CC2)c1. The average molecular weight is 276 g/mol. The molecule has 1 aliphatic rings. The maximum Gasteiger partial charge on any atom is 0.254 e. The number of carbonyl (C=O) groups is 1. The van der Waals surface area contributed by atoms with Crippen molar-refractivity contribution in [2.24, 2.45) is 5.41 Å². The lowest BCUT2D eigenvalue weighted by Gasteiger charge is -2.23. The number of hydrogen-bond donors (Lipinski definition) is 1. The fourth-order valence-corrected chi connectivity index (χ4v) is 2.67. The van der Waals surface area contributed by atoms with Crippen LogP contribution < -0.4 is 10.5 Å². The quantitative estimate of drug-likeness (QED) is 0.845. The number of carbonyl (C=O) groups excluding carboxylic acids is 1. The van der Waals surface area contributed by atoms with Crippen LogP contribution in [0, 0.1) is 5.41 Å². The van der Waals surface area contributed by atoms with Crippen LogP contribution in [0.3, 0.4) is 0 Å². The number of anilines is 1. The van der Waals surface area contributed by atoms with Crippen molar-refractivity contribution in [2.75, 3.05) is 25.9 Å². The number of benzene rings is 1. The van der Waals surface area contributed by atoms with E-state index in [-0.39, 0.29) is 5.91 Å². The van der Waals surface area contributed by atoms with Crippen molar-refractivity contribution in [2.45, 2.75) is 33.1 Å². The highest BCUT2D eigenvalue weighted by molar-refractivity contribution is 5.95. The molecule has 1 aromatic rings. The first-order valence-corrected chi connectivity index (χ1v) is 7.15. The average Bonchev–Trinajstić information content (AvgIpc) is 2.58. The van der Waals surface area contributed by atoms with E-state index in [9.17, 15) is 4.79 Å². The van der Waals surface area contributed by atoms with Crippen LogP contribution in [0.2, 0.25) is 0 Å². The first-order valence-electron chi connectivity index (χ1n) is 7.15. The molecule has 2 rings (SSSR count). The van der Waals surface area contributed by atoms with Crippen LogP contribution in [0.25, 0.3) is 0 Å². The van der Waals surface area contributed by atoms with Gasteiger partial charge >= 0.3 is 0 Å². The third-order valence-corrected chi connectivity index (χ3v) is 4.04. The predicted octanol–water partition coefficient (Wildman–Crippen LogP) is 2.93. The lowest BCUT2D eigenvalue weighted by atomic mass is 9.85. The van der Waals surface area contributed by atoms with Gasteiger partial charge in [0.2, 0.25) is 0 Å². The Bertz CT molecular complexity index is 497. The van der Waals surface area contributed by atoms with E-state index in [0.29, 0.717) is 22.4 Å². The van der Waals surface area contributed by atoms with Crippen LogP contribution >= 0.6 is 0 Å². The molecule has 1 saturated heterocycles. The van der Waals surface area contributed by atoms with Gasteiger partial charge in [-0.2, -0.15) is 0 Å². The number of rotatable bonds is 2. The molecule has 0 atom stereocenters. The second kappa shape index (κ2) is 5.73. The predicted molar refractivity (Wildman–Crippen MR) is 80.9 cm³/mol. The second-order valence-corrected chi connectivity index (χ2v) is 6.30. The Morgan fingerprint density at radius 2 is 2.00 bits per heavy atom. The monoisotopic (exact) mass is 276 g/mol. The summed E-state index contributed by atoms with van der Waals surface area (Å²) in [6.45, 7) is 6.16. The van der Waals surface area contributed by atoms with Crippen LogP contribution in [0.15, 0.2) is 18.2 Å². The van der Waals surface area contributed by atoms with Gasteiger partial charge in [-0.1, -0.05) is 13.8 Å². The van der Waals surface area contributed by atoms with Gasteiger partial charge in [0.15, 0.2) is 0 Å². The number of ether oxygens (including phenoxy) is 1. The van der Waals surface area contributed by atoms with E-state index in [4.69, 9.17) is 10.5 Å². The number of hydrogen-bond acceptors (Lipinski definition) is 3. The number of nitrogen functional groups attached to an aromatic ring is 1. The molecule has 4 nitrogen and oxygen atoms in total. The molecule has 20 heavy (non-hydrogen) atoms. The molecule has 0 spiro atoms. The van der Waals surface area contributed by atoms with E-state index in [1.807, 2.05) is 4.90 Å². The van der Waals surface area contributed by atoms with Crippen molar-refractivity contribution >= 4 is 11.6 Å². The Balaban J connectivity index is 2.16. The van der Waals surface area contributed by atoms with E-state index in [0.717, 1.165) is 32.4 Å². The summed E-state index contributed by atoms with van der Waals surface area (Å²) in [4.78, 5) is 14.5. The summed E-state index contributed by atoms with van der Waals surface area (Å²) in [6.07, 6.45) is 3.26. The highest BCUT2D eigenvalue weighted by Gasteiger charge is 2.26. The van der Waals surface area contributed by atoms with Crippen LogP contribution in [0.4, 0.5) is 5.69 Å². The molecule has 1 aromatic carbocycles. The Hall–Kier alpha value is -1.71. The standard InChI is InChI=1S/C16H24N2O2/c1-16(2)5-4-7-18(8-6-16)15(19)12-9-13(17)11-14(10-12)20-3/h9-11H,4-8,17H2,1-3H3. The van der Waals surface area contributed by atoms with E-state index >= 15 is 0 Å². The zero-order chi connectivity index (χ0) is 14.8. The highest BCUT2D eigenvalue weighted by atomic mass is 16.5. The molecule has 0 aromatic heterocycles. The maximum atomic E-state index is 12.6. The Kier molecular flexibility index (Phi) is 4.21. The topological polar surface area (TPSA) is 55.6 Å². The molecule has 2 N–H and O–H groups in total. The van der Waals surface area contributed by atoms with E-state index in [1.165, 1.54) is 0 Å².